The fourth-order valence-corrected chi connectivity index (χ4v) is 2.35. The molecule has 0 atom stereocenters. The summed E-state index contributed by atoms with van der Waals surface area (Å²) in [7, 11) is 1.30. The first-order chi connectivity index (χ1) is 9.43. The van der Waals surface area contributed by atoms with Gasteiger partial charge in [0.1, 0.15) is 0 Å². The van der Waals surface area contributed by atoms with E-state index in [0.29, 0.717) is 16.1 Å². The first-order valence-electron chi connectivity index (χ1n) is 5.27. The van der Waals surface area contributed by atoms with E-state index >= 15 is 0 Å². The van der Waals surface area contributed by atoms with Crippen LogP contribution in [0.4, 0.5) is 5.69 Å². The predicted molar refractivity (Wildman–Crippen MR) is 77.9 cm³/mol. The van der Waals surface area contributed by atoms with Crippen molar-refractivity contribution in [2.24, 2.45) is 0 Å². The summed E-state index contributed by atoms with van der Waals surface area (Å²) in [5.41, 5.74) is 0.617. The van der Waals surface area contributed by atoms with Crippen LogP contribution in [-0.2, 0) is 0 Å². The van der Waals surface area contributed by atoms with Gasteiger partial charge in [-0.2, -0.15) is 0 Å². The van der Waals surface area contributed by atoms with Crippen molar-refractivity contribution >= 4 is 40.5 Å². The van der Waals surface area contributed by atoms with Gasteiger partial charge in [0, 0.05) is 28.4 Å². The van der Waals surface area contributed by atoms with Gasteiger partial charge in [-0.05, 0) is 12.1 Å². The van der Waals surface area contributed by atoms with E-state index < -0.39 is 4.92 Å². The van der Waals surface area contributed by atoms with Crippen LogP contribution in [0.1, 0.15) is 0 Å². The molecule has 0 unspecified atom stereocenters. The van der Waals surface area contributed by atoms with Gasteiger partial charge < -0.3 is 4.74 Å². The molecule has 0 spiro atoms. The molecule has 0 aliphatic heterocycles. The van der Waals surface area contributed by atoms with Gasteiger partial charge in [0.25, 0.3) is 5.88 Å². The lowest BCUT2D eigenvalue weighted by Gasteiger charge is -2.08. The number of pyridine rings is 1. The van der Waals surface area contributed by atoms with Crippen LogP contribution in [0, 0.1) is 10.1 Å². The Hall–Kier alpha value is -1.56. The number of benzene rings is 1. The fourth-order valence-electron chi connectivity index (χ4n) is 1.64. The molecule has 0 saturated carbocycles. The van der Waals surface area contributed by atoms with Gasteiger partial charge in [-0.25, -0.2) is 4.98 Å². The first-order valence-corrected chi connectivity index (χ1v) is 6.40. The molecule has 0 fully saturated rings. The monoisotopic (exact) mass is 332 g/mol. The molecule has 0 aliphatic rings. The highest BCUT2D eigenvalue weighted by Gasteiger charge is 2.19. The van der Waals surface area contributed by atoms with Crippen molar-refractivity contribution in [1.82, 2.24) is 4.98 Å². The van der Waals surface area contributed by atoms with E-state index in [-0.39, 0.29) is 21.6 Å². The Morgan fingerprint density at radius 2 is 1.95 bits per heavy atom. The molecular weight excluding hydrogens is 327 g/mol. The highest BCUT2D eigenvalue weighted by Crippen LogP contribution is 2.38. The van der Waals surface area contributed by atoms with Crippen LogP contribution < -0.4 is 4.74 Å². The number of nitrogens with zero attached hydrogens (tertiary/aromatic N) is 2. The molecule has 0 bridgehead atoms. The second-order valence-corrected chi connectivity index (χ2v) is 4.98. The molecule has 2 rings (SSSR count). The third-order valence-electron chi connectivity index (χ3n) is 2.53. The zero-order valence-corrected chi connectivity index (χ0v) is 12.3. The van der Waals surface area contributed by atoms with Crippen LogP contribution in [0.5, 0.6) is 5.88 Å². The molecule has 8 heteroatoms. The Morgan fingerprint density at radius 1 is 1.25 bits per heavy atom. The topological polar surface area (TPSA) is 65.3 Å². The van der Waals surface area contributed by atoms with E-state index in [1.165, 1.54) is 25.4 Å². The largest absolute Gasteiger partial charge is 0.476 e. The van der Waals surface area contributed by atoms with Crippen LogP contribution in [0.15, 0.2) is 24.4 Å². The van der Waals surface area contributed by atoms with E-state index in [1.807, 2.05) is 0 Å². The quantitative estimate of drug-likeness (QED) is 0.467. The predicted octanol–water partition coefficient (Wildman–Crippen LogP) is 4.63. The van der Waals surface area contributed by atoms with E-state index in [4.69, 9.17) is 39.5 Å². The van der Waals surface area contributed by atoms with Crippen molar-refractivity contribution < 1.29 is 9.66 Å². The van der Waals surface area contributed by atoms with E-state index in [9.17, 15) is 10.1 Å². The molecule has 1 heterocycles. The van der Waals surface area contributed by atoms with E-state index in [1.54, 1.807) is 6.07 Å². The molecule has 1 aromatic heterocycles. The SMILES string of the molecule is COc1ncc(-c2cc(Cl)cc(Cl)c2Cl)cc1[N+](=O)[O-]. The maximum Gasteiger partial charge on any atom is 0.331 e. The average Bonchev–Trinajstić information content (AvgIpc) is 2.42. The van der Waals surface area contributed by atoms with Gasteiger partial charge in [0.05, 0.1) is 22.1 Å². The van der Waals surface area contributed by atoms with Crippen molar-refractivity contribution in [3.63, 3.8) is 0 Å². The van der Waals surface area contributed by atoms with Crippen LogP contribution in [0.25, 0.3) is 11.1 Å². The highest BCUT2D eigenvalue weighted by molar-refractivity contribution is 6.45. The molecule has 2 aromatic rings. The zero-order valence-electron chi connectivity index (χ0n) is 10.1. The Morgan fingerprint density at radius 3 is 2.55 bits per heavy atom. The average molecular weight is 334 g/mol. The minimum Gasteiger partial charge on any atom is -0.476 e. The van der Waals surface area contributed by atoms with Gasteiger partial charge >= 0.3 is 5.69 Å². The summed E-state index contributed by atoms with van der Waals surface area (Å²) in [6.45, 7) is 0. The second kappa shape index (κ2) is 5.83. The van der Waals surface area contributed by atoms with Crippen molar-refractivity contribution in [2.45, 2.75) is 0 Å². The summed E-state index contributed by atoms with van der Waals surface area (Å²) in [6.07, 6.45) is 1.40. The third kappa shape index (κ3) is 2.80. The van der Waals surface area contributed by atoms with Gasteiger partial charge in [-0.15, -0.1) is 0 Å². The lowest BCUT2D eigenvalue weighted by atomic mass is 10.1. The normalized spacial score (nSPS) is 10.4. The summed E-state index contributed by atoms with van der Waals surface area (Å²) in [4.78, 5) is 14.3. The van der Waals surface area contributed by atoms with Crippen LogP contribution in [-0.4, -0.2) is 17.0 Å². The summed E-state index contributed by atoms with van der Waals surface area (Å²) >= 11 is 17.9. The van der Waals surface area contributed by atoms with E-state index in [0.717, 1.165) is 0 Å². The van der Waals surface area contributed by atoms with Crippen LogP contribution in [0.2, 0.25) is 15.1 Å². The van der Waals surface area contributed by atoms with Crippen LogP contribution in [0.3, 0.4) is 0 Å². The summed E-state index contributed by atoms with van der Waals surface area (Å²) in [5.74, 6) is -0.0806. The summed E-state index contributed by atoms with van der Waals surface area (Å²) in [5, 5.41) is 11.9. The van der Waals surface area contributed by atoms with Gasteiger partial charge in [0.15, 0.2) is 0 Å². The Kier molecular flexibility index (Phi) is 4.32. The lowest BCUT2D eigenvalue weighted by Crippen LogP contribution is -1.97. The van der Waals surface area contributed by atoms with Crippen molar-refractivity contribution in [1.29, 1.82) is 0 Å². The van der Waals surface area contributed by atoms with Crippen LogP contribution >= 0.6 is 34.8 Å². The maximum absolute atomic E-state index is 11.0. The molecule has 20 heavy (non-hydrogen) atoms. The minimum absolute atomic E-state index is 0.0806. The van der Waals surface area contributed by atoms with Gasteiger partial charge in [0.2, 0.25) is 0 Å². The number of ether oxygens (including phenoxy) is 1. The Bertz CT molecular complexity index is 692. The Balaban J connectivity index is 2.65. The second-order valence-electron chi connectivity index (χ2n) is 3.76. The van der Waals surface area contributed by atoms with Gasteiger partial charge in [-0.1, -0.05) is 34.8 Å². The van der Waals surface area contributed by atoms with Crippen molar-refractivity contribution in [3.05, 3.63) is 49.6 Å². The number of aromatic nitrogens is 1. The Labute approximate surface area is 129 Å². The number of halogens is 3. The number of methoxy groups -OCH3 is 1. The number of rotatable bonds is 3. The fraction of sp³-hybridized carbons (Fsp3) is 0.0833. The molecule has 5 nitrogen and oxygen atoms in total. The maximum atomic E-state index is 11.0. The summed E-state index contributed by atoms with van der Waals surface area (Å²) < 4.78 is 4.84. The number of hydrogen-bond donors (Lipinski definition) is 0. The highest BCUT2D eigenvalue weighted by atomic mass is 35.5. The molecule has 104 valence electrons. The smallest absolute Gasteiger partial charge is 0.331 e. The van der Waals surface area contributed by atoms with E-state index in [2.05, 4.69) is 4.98 Å². The third-order valence-corrected chi connectivity index (χ3v) is 3.55. The lowest BCUT2D eigenvalue weighted by molar-refractivity contribution is -0.386. The molecule has 1 aromatic carbocycles. The van der Waals surface area contributed by atoms with Gasteiger partial charge in [-0.3, -0.25) is 10.1 Å². The standard InChI is InChI=1S/C12H7Cl3N2O3/c1-20-12-10(17(18)19)2-6(5-16-12)8-3-7(13)4-9(14)11(8)15/h2-5H,1H3. The number of hydrogen-bond acceptors (Lipinski definition) is 4. The molecule has 0 N–H and O–H groups in total. The molecule has 0 radical (unpaired) electrons. The minimum atomic E-state index is -0.588. The molecule has 0 amide bonds. The zero-order chi connectivity index (χ0) is 14.9. The van der Waals surface area contributed by atoms with Crippen molar-refractivity contribution in [3.8, 4) is 17.0 Å². The molecule has 0 saturated heterocycles. The molecule has 0 aliphatic carbocycles. The number of nitro groups is 1. The van der Waals surface area contributed by atoms with Crippen molar-refractivity contribution in [2.75, 3.05) is 7.11 Å². The first kappa shape index (κ1) is 14.8. The molecular formula is C12H7Cl3N2O3. The summed E-state index contributed by atoms with van der Waals surface area (Å²) in [6, 6.07) is 4.35.